The summed E-state index contributed by atoms with van der Waals surface area (Å²) in [4.78, 5) is 9.36. The zero-order valence-corrected chi connectivity index (χ0v) is 15.6. The molecule has 0 fully saturated rings. The zero-order valence-electron chi connectivity index (χ0n) is 14.8. The number of aromatic amines is 1. The summed E-state index contributed by atoms with van der Waals surface area (Å²) < 4.78 is 5.56. The Morgan fingerprint density at radius 3 is 2.58 bits per heavy atom. The average molecular weight is 360 g/mol. The van der Waals surface area contributed by atoms with E-state index in [2.05, 4.69) is 48.3 Å². The van der Waals surface area contributed by atoms with Crippen molar-refractivity contribution in [2.24, 2.45) is 0 Å². The van der Waals surface area contributed by atoms with E-state index in [1.165, 1.54) is 10.5 Å². The number of rotatable bonds is 5. The quantitative estimate of drug-likeness (QED) is 0.454. The number of aromatic nitrogens is 2. The number of fused-ring (bicyclic) bond motifs is 1. The Morgan fingerprint density at radius 2 is 1.81 bits per heavy atom. The Kier molecular flexibility index (Phi) is 4.67. The van der Waals surface area contributed by atoms with E-state index in [0.29, 0.717) is 0 Å². The topological polar surface area (TPSA) is 37.9 Å². The number of hydrogen-bond donors (Lipinski definition) is 1. The Bertz CT molecular complexity index is 1000. The van der Waals surface area contributed by atoms with Gasteiger partial charge in [0.25, 0.3) is 0 Å². The molecule has 0 spiro atoms. The smallest absolute Gasteiger partial charge is 0.138 e. The van der Waals surface area contributed by atoms with E-state index in [4.69, 9.17) is 9.72 Å². The molecule has 0 aliphatic heterocycles. The van der Waals surface area contributed by atoms with E-state index in [1.54, 1.807) is 7.11 Å². The van der Waals surface area contributed by atoms with E-state index in [0.717, 1.165) is 39.5 Å². The van der Waals surface area contributed by atoms with Crippen molar-refractivity contribution in [3.63, 3.8) is 0 Å². The van der Waals surface area contributed by atoms with Gasteiger partial charge in [-0.05, 0) is 49.4 Å². The summed E-state index contributed by atoms with van der Waals surface area (Å²) in [6, 6.07) is 22.9. The summed E-state index contributed by atoms with van der Waals surface area (Å²) in [5.41, 5.74) is 5.54. The van der Waals surface area contributed by atoms with Gasteiger partial charge in [-0.15, -0.1) is 11.8 Å². The van der Waals surface area contributed by atoms with E-state index >= 15 is 0 Å². The summed E-state index contributed by atoms with van der Waals surface area (Å²) >= 11 is 1.81. The highest BCUT2D eigenvalue weighted by molar-refractivity contribution is 7.98. The summed E-state index contributed by atoms with van der Waals surface area (Å²) in [6.45, 7) is 2.11. The summed E-state index contributed by atoms with van der Waals surface area (Å²) in [5, 5.41) is 0. The first-order chi connectivity index (χ1) is 12.7. The largest absolute Gasteiger partial charge is 0.496 e. The number of para-hydroxylation sites is 2. The van der Waals surface area contributed by atoms with Crippen LogP contribution in [-0.4, -0.2) is 17.1 Å². The standard InChI is InChI=1S/C22H20N2OS/c1-15-7-10-18(11-8-15)26-14-17-13-16(9-12-21(17)25-2)22-23-19-5-3-4-6-20(19)24-22/h3-13H,14H2,1-2H3,(H,23,24). The molecule has 0 unspecified atom stereocenters. The normalized spacial score (nSPS) is 11.0. The lowest BCUT2D eigenvalue weighted by molar-refractivity contribution is 0.411. The van der Waals surface area contributed by atoms with Gasteiger partial charge in [0.05, 0.1) is 18.1 Å². The molecule has 0 aliphatic rings. The van der Waals surface area contributed by atoms with Gasteiger partial charge in [0.2, 0.25) is 0 Å². The van der Waals surface area contributed by atoms with E-state index in [9.17, 15) is 0 Å². The van der Waals surface area contributed by atoms with Crippen molar-refractivity contribution in [1.82, 2.24) is 9.97 Å². The second-order valence-electron chi connectivity index (χ2n) is 6.23. The number of H-pyrrole nitrogens is 1. The maximum absolute atomic E-state index is 5.56. The van der Waals surface area contributed by atoms with Gasteiger partial charge in [0, 0.05) is 21.8 Å². The monoisotopic (exact) mass is 360 g/mol. The predicted octanol–water partition coefficient (Wildman–Crippen LogP) is 5.84. The van der Waals surface area contributed by atoms with Crippen LogP contribution in [0.5, 0.6) is 5.75 Å². The molecule has 1 aromatic heterocycles. The van der Waals surface area contributed by atoms with Crippen LogP contribution in [0.15, 0.2) is 71.6 Å². The second kappa shape index (κ2) is 7.26. The fourth-order valence-corrected chi connectivity index (χ4v) is 3.80. The maximum Gasteiger partial charge on any atom is 0.138 e. The van der Waals surface area contributed by atoms with Gasteiger partial charge in [-0.25, -0.2) is 4.98 Å². The minimum absolute atomic E-state index is 0.848. The Hall–Kier alpha value is -2.72. The number of methoxy groups -OCH3 is 1. The molecule has 3 nitrogen and oxygen atoms in total. The van der Waals surface area contributed by atoms with Gasteiger partial charge in [-0.1, -0.05) is 29.8 Å². The molecule has 26 heavy (non-hydrogen) atoms. The molecule has 0 bridgehead atoms. The van der Waals surface area contributed by atoms with Crippen molar-refractivity contribution in [3.8, 4) is 17.1 Å². The lowest BCUT2D eigenvalue weighted by Crippen LogP contribution is -1.92. The molecule has 0 radical (unpaired) electrons. The highest BCUT2D eigenvalue weighted by Crippen LogP contribution is 2.31. The third-order valence-electron chi connectivity index (χ3n) is 4.36. The molecular formula is C22H20N2OS. The molecule has 1 heterocycles. The third kappa shape index (κ3) is 3.46. The Morgan fingerprint density at radius 1 is 1.00 bits per heavy atom. The van der Waals surface area contributed by atoms with Crippen LogP contribution in [0.3, 0.4) is 0 Å². The first-order valence-corrected chi connectivity index (χ1v) is 9.53. The molecule has 0 saturated carbocycles. The van der Waals surface area contributed by atoms with Gasteiger partial charge in [0.15, 0.2) is 0 Å². The Balaban J connectivity index is 1.63. The van der Waals surface area contributed by atoms with Gasteiger partial charge >= 0.3 is 0 Å². The van der Waals surface area contributed by atoms with Gasteiger partial charge in [0.1, 0.15) is 11.6 Å². The average Bonchev–Trinajstić information content (AvgIpc) is 3.11. The first kappa shape index (κ1) is 16.7. The molecule has 3 aromatic carbocycles. The Labute approximate surface area is 157 Å². The molecule has 4 heteroatoms. The fourth-order valence-electron chi connectivity index (χ4n) is 2.92. The number of nitrogens with zero attached hydrogens (tertiary/aromatic N) is 1. The van der Waals surface area contributed by atoms with Crippen LogP contribution < -0.4 is 4.74 Å². The zero-order chi connectivity index (χ0) is 17.9. The molecular weight excluding hydrogens is 340 g/mol. The molecule has 0 atom stereocenters. The summed E-state index contributed by atoms with van der Waals surface area (Å²) in [7, 11) is 1.72. The first-order valence-electron chi connectivity index (χ1n) is 8.54. The van der Waals surface area contributed by atoms with Crippen LogP contribution in [-0.2, 0) is 5.75 Å². The summed E-state index contributed by atoms with van der Waals surface area (Å²) in [5.74, 6) is 2.64. The number of hydrogen-bond acceptors (Lipinski definition) is 3. The fraction of sp³-hybridized carbons (Fsp3) is 0.136. The number of imidazole rings is 1. The van der Waals surface area contributed by atoms with Crippen molar-refractivity contribution in [3.05, 3.63) is 77.9 Å². The van der Waals surface area contributed by atoms with Gasteiger partial charge in [-0.2, -0.15) is 0 Å². The van der Waals surface area contributed by atoms with E-state index in [1.807, 2.05) is 42.1 Å². The highest BCUT2D eigenvalue weighted by atomic mass is 32.2. The maximum atomic E-state index is 5.56. The molecule has 130 valence electrons. The van der Waals surface area contributed by atoms with Crippen molar-refractivity contribution in [2.45, 2.75) is 17.6 Å². The van der Waals surface area contributed by atoms with E-state index < -0.39 is 0 Å². The van der Waals surface area contributed by atoms with Crippen LogP contribution in [0.4, 0.5) is 0 Å². The van der Waals surface area contributed by atoms with E-state index in [-0.39, 0.29) is 0 Å². The van der Waals surface area contributed by atoms with Crippen molar-refractivity contribution in [1.29, 1.82) is 0 Å². The lowest BCUT2D eigenvalue weighted by atomic mass is 10.1. The third-order valence-corrected chi connectivity index (χ3v) is 5.42. The molecule has 0 aliphatic carbocycles. The lowest BCUT2D eigenvalue weighted by Gasteiger charge is -2.10. The molecule has 0 saturated heterocycles. The van der Waals surface area contributed by atoms with Crippen molar-refractivity contribution < 1.29 is 4.74 Å². The van der Waals surface area contributed by atoms with Crippen molar-refractivity contribution in [2.75, 3.05) is 7.11 Å². The SMILES string of the molecule is COc1ccc(-c2nc3ccccc3[nH]2)cc1CSc1ccc(C)cc1. The number of benzene rings is 3. The van der Waals surface area contributed by atoms with Crippen LogP contribution >= 0.6 is 11.8 Å². The molecule has 1 N–H and O–H groups in total. The van der Waals surface area contributed by atoms with Gasteiger partial charge < -0.3 is 9.72 Å². The highest BCUT2D eigenvalue weighted by Gasteiger charge is 2.10. The predicted molar refractivity (Wildman–Crippen MR) is 109 cm³/mol. The number of nitrogens with one attached hydrogen (secondary N) is 1. The number of ether oxygens (including phenoxy) is 1. The van der Waals surface area contributed by atoms with Crippen LogP contribution in [0, 0.1) is 6.92 Å². The summed E-state index contributed by atoms with van der Waals surface area (Å²) in [6.07, 6.45) is 0. The van der Waals surface area contributed by atoms with Crippen LogP contribution in [0.1, 0.15) is 11.1 Å². The second-order valence-corrected chi connectivity index (χ2v) is 7.28. The molecule has 4 aromatic rings. The molecule has 4 rings (SSSR count). The minimum Gasteiger partial charge on any atom is -0.496 e. The number of thioether (sulfide) groups is 1. The minimum atomic E-state index is 0.848. The van der Waals surface area contributed by atoms with Crippen molar-refractivity contribution >= 4 is 22.8 Å². The van der Waals surface area contributed by atoms with Gasteiger partial charge in [-0.3, -0.25) is 0 Å². The van der Waals surface area contributed by atoms with Crippen LogP contribution in [0.25, 0.3) is 22.4 Å². The number of aryl methyl sites for hydroxylation is 1. The molecule has 0 amide bonds. The van der Waals surface area contributed by atoms with Crippen LogP contribution in [0.2, 0.25) is 0 Å².